The van der Waals surface area contributed by atoms with Crippen LogP contribution in [0.1, 0.15) is 106 Å². The van der Waals surface area contributed by atoms with Crippen LogP contribution in [0.4, 0.5) is 0 Å². The zero-order valence-corrected chi connectivity index (χ0v) is 17.5. The normalized spacial score (nSPS) is 47.8. The third kappa shape index (κ3) is 5.01. The molecular formula is C24H44. The molecule has 0 N–H and O–H groups in total. The van der Waals surface area contributed by atoms with Crippen molar-refractivity contribution in [2.75, 3.05) is 0 Å². The van der Waals surface area contributed by atoms with E-state index in [-0.39, 0.29) is 0 Å². The van der Waals surface area contributed by atoms with E-state index in [1.54, 1.807) is 64.2 Å². The summed E-state index contributed by atoms with van der Waals surface area (Å²) in [5, 5.41) is 0. The first-order chi connectivity index (χ1) is 11.1. The molecule has 0 amide bonds. The molecule has 6 bridgehead atoms. The average molecular weight is 333 g/mol. The molecule has 6 aliphatic carbocycles. The SMILES string of the molecule is CC(C)(C)C.CC12CC3CC(CC(C3)C1)C2.CC1CC2CCC1C2. The number of hydrogen-bond donors (Lipinski definition) is 0. The Morgan fingerprint density at radius 3 is 1.33 bits per heavy atom. The Morgan fingerprint density at radius 1 is 0.667 bits per heavy atom. The summed E-state index contributed by atoms with van der Waals surface area (Å²) in [5.74, 6) is 6.80. The van der Waals surface area contributed by atoms with Gasteiger partial charge in [0.1, 0.15) is 0 Å². The molecule has 0 heterocycles. The topological polar surface area (TPSA) is 0 Å². The van der Waals surface area contributed by atoms with E-state index in [0.717, 1.165) is 40.9 Å². The van der Waals surface area contributed by atoms with Gasteiger partial charge in [0.15, 0.2) is 0 Å². The van der Waals surface area contributed by atoms with Crippen LogP contribution in [0.15, 0.2) is 0 Å². The lowest BCUT2D eigenvalue weighted by molar-refractivity contribution is -0.0411. The van der Waals surface area contributed by atoms with Crippen LogP contribution in [0.25, 0.3) is 0 Å². The van der Waals surface area contributed by atoms with Gasteiger partial charge in [0.25, 0.3) is 0 Å². The molecule has 6 rings (SSSR count). The van der Waals surface area contributed by atoms with Gasteiger partial charge in [0.2, 0.25) is 0 Å². The molecule has 6 fully saturated rings. The highest BCUT2D eigenvalue weighted by atomic mass is 14.5. The van der Waals surface area contributed by atoms with Crippen molar-refractivity contribution in [1.82, 2.24) is 0 Å². The Bertz CT molecular complexity index is 369. The maximum atomic E-state index is 2.54. The Hall–Kier alpha value is 0. The second-order valence-electron chi connectivity index (χ2n) is 12.4. The van der Waals surface area contributed by atoms with Crippen molar-refractivity contribution >= 4 is 0 Å². The van der Waals surface area contributed by atoms with Crippen LogP contribution < -0.4 is 0 Å². The predicted molar refractivity (Wildman–Crippen MR) is 106 cm³/mol. The van der Waals surface area contributed by atoms with Gasteiger partial charge in [-0.05, 0) is 104 Å². The van der Waals surface area contributed by atoms with Crippen LogP contribution >= 0.6 is 0 Å². The van der Waals surface area contributed by atoms with Crippen molar-refractivity contribution in [3.05, 3.63) is 0 Å². The minimum absolute atomic E-state index is 0.500. The summed E-state index contributed by atoms with van der Waals surface area (Å²) in [4.78, 5) is 0. The molecule has 0 aromatic rings. The molecule has 140 valence electrons. The zero-order chi connectivity index (χ0) is 17.5. The van der Waals surface area contributed by atoms with Gasteiger partial charge in [-0.2, -0.15) is 0 Å². The minimum atomic E-state index is 0.500. The van der Waals surface area contributed by atoms with E-state index in [1.807, 2.05) is 0 Å². The largest absolute Gasteiger partial charge is 0.0622 e. The van der Waals surface area contributed by atoms with Crippen LogP contribution in [-0.2, 0) is 0 Å². The van der Waals surface area contributed by atoms with E-state index < -0.39 is 0 Å². The van der Waals surface area contributed by atoms with Crippen molar-refractivity contribution in [2.24, 2.45) is 46.3 Å². The third-order valence-corrected chi connectivity index (χ3v) is 7.44. The molecule has 0 aromatic heterocycles. The second-order valence-corrected chi connectivity index (χ2v) is 12.4. The Kier molecular flexibility index (Phi) is 5.44. The monoisotopic (exact) mass is 332 g/mol. The van der Waals surface area contributed by atoms with Gasteiger partial charge < -0.3 is 0 Å². The smallest absolute Gasteiger partial charge is 0.0318 e. The molecule has 0 radical (unpaired) electrons. The fourth-order valence-corrected chi connectivity index (χ4v) is 7.11. The highest BCUT2D eigenvalue weighted by Gasteiger charge is 2.48. The lowest BCUT2D eigenvalue weighted by Crippen LogP contribution is -2.44. The third-order valence-electron chi connectivity index (χ3n) is 7.44. The molecule has 0 aromatic carbocycles. The van der Waals surface area contributed by atoms with Gasteiger partial charge in [0.05, 0.1) is 0 Å². The second kappa shape index (κ2) is 6.96. The first-order valence-electron chi connectivity index (χ1n) is 11.1. The van der Waals surface area contributed by atoms with Crippen LogP contribution in [0.5, 0.6) is 0 Å². The molecule has 0 heteroatoms. The van der Waals surface area contributed by atoms with E-state index in [9.17, 15) is 0 Å². The van der Waals surface area contributed by atoms with Gasteiger partial charge in [-0.15, -0.1) is 0 Å². The van der Waals surface area contributed by atoms with Gasteiger partial charge >= 0.3 is 0 Å². The number of rotatable bonds is 0. The highest BCUT2D eigenvalue weighted by Crippen LogP contribution is 2.59. The molecule has 0 nitrogen and oxygen atoms in total. The van der Waals surface area contributed by atoms with E-state index in [1.165, 1.54) is 0 Å². The van der Waals surface area contributed by atoms with Gasteiger partial charge in [-0.3, -0.25) is 0 Å². The fourth-order valence-electron chi connectivity index (χ4n) is 7.11. The Morgan fingerprint density at radius 2 is 1.12 bits per heavy atom. The van der Waals surface area contributed by atoms with Crippen molar-refractivity contribution in [1.29, 1.82) is 0 Å². The summed E-state index contributed by atoms with van der Waals surface area (Å²) in [6.07, 6.45) is 15.7. The summed E-state index contributed by atoms with van der Waals surface area (Å²) in [7, 11) is 0. The van der Waals surface area contributed by atoms with E-state index >= 15 is 0 Å². The quantitative estimate of drug-likeness (QED) is 0.426. The fraction of sp³-hybridized carbons (Fsp3) is 1.00. The molecule has 0 aliphatic heterocycles. The molecular weight excluding hydrogens is 288 g/mol. The van der Waals surface area contributed by atoms with Crippen molar-refractivity contribution in [3.8, 4) is 0 Å². The predicted octanol–water partition coefficient (Wildman–Crippen LogP) is 7.72. The Balaban J connectivity index is 0.000000115. The van der Waals surface area contributed by atoms with Crippen LogP contribution in [0, 0.1) is 46.3 Å². The van der Waals surface area contributed by atoms with Crippen molar-refractivity contribution in [2.45, 2.75) is 106 Å². The summed E-state index contributed by atoms with van der Waals surface area (Å²) < 4.78 is 0. The molecule has 24 heavy (non-hydrogen) atoms. The molecule has 6 aliphatic rings. The maximum Gasteiger partial charge on any atom is -0.0318 e. The maximum absolute atomic E-state index is 2.54. The molecule has 3 atom stereocenters. The van der Waals surface area contributed by atoms with Gasteiger partial charge in [-0.1, -0.05) is 48.0 Å². The standard InChI is InChI=1S/C11H18.C8H14.C5H12/c1-11-5-8-2-9(6-11)4-10(3-8)7-11;1-6-4-7-2-3-8(6)5-7;1-5(2,3)4/h8-10H,2-7H2,1H3;6-8H,2-5H2,1H3;1-4H3. The Labute approximate surface area is 152 Å². The van der Waals surface area contributed by atoms with Crippen LogP contribution in [0.2, 0.25) is 0 Å². The van der Waals surface area contributed by atoms with E-state index in [4.69, 9.17) is 0 Å². The van der Waals surface area contributed by atoms with E-state index in [2.05, 4.69) is 41.5 Å². The summed E-state index contributed by atoms with van der Waals surface area (Å²) >= 11 is 0. The average Bonchev–Trinajstić information content (AvgIpc) is 2.95. The lowest BCUT2D eigenvalue weighted by Gasteiger charge is -2.55. The molecule has 0 saturated heterocycles. The summed E-state index contributed by atoms with van der Waals surface area (Å²) in [5.41, 5.74) is 1.30. The lowest BCUT2D eigenvalue weighted by atomic mass is 9.50. The molecule has 3 unspecified atom stereocenters. The van der Waals surface area contributed by atoms with Crippen molar-refractivity contribution < 1.29 is 0 Å². The zero-order valence-electron chi connectivity index (χ0n) is 17.5. The summed E-state index contributed by atoms with van der Waals surface area (Å²) in [6, 6.07) is 0. The van der Waals surface area contributed by atoms with Crippen LogP contribution in [0.3, 0.4) is 0 Å². The first-order valence-corrected chi connectivity index (χ1v) is 11.1. The molecule has 0 spiro atoms. The molecule has 6 saturated carbocycles. The van der Waals surface area contributed by atoms with Gasteiger partial charge in [-0.25, -0.2) is 0 Å². The number of fused-ring (bicyclic) bond motifs is 2. The van der Waals surface area contributed by atoms with Crippen molar-refractivity contribution in [3.63, 3.8) is 0 Å². The van der Waals surface area contributed by atoms with Gasteiger partial charge in [0, 0.05) is 0 Å². The first kappa shape index (κ1) is 18.8. The minimum Gasteiger partial charge on any atom is -0.0622 e. The summed E-state index contributed by atoms with van der Waals surface area (Å²) in [6.45, 7) is 13.7. The van der Waals surface area contributed by atoms with Crippen LogP contribution in [-0.4, -0.2) is 0 Å². The highest BCUT2D eigenvalue weighted by molar-refractivity contribution is 4.99. The van der Waals surface area contributed by atoms with E-state index in [0.29, 0.717) is 5.41 Å². The number of hydrogen-bond acceptors (Lipinski definition) is 0.